The minimum absolute atomic E-state index is 0.257. The number of rotatable bonds is 5. The first-order chi connectivity index (χ1) is 8.69. The van der Waals surface area contributed by atoms with Gasteiger partial charge in [0.1, 0.15) is 0 Å². The van der Waals surface area contributed by atoms with Crippen LogP contribution in [-0.4, -0.2) is 20.7 Å². The molecule has 0 aromatic heterocycles. The Bertz CT molecular complexity index is 399. The minimum atomic E-state index is -0.257. The third-order valence-corrected chi connectivity index (χ3v) is 4.01. The zero-order valence-electron chi connectivity index (χ0n) is 11.3. The molecule has 1 aliphatic carbocycles. The molecular weight excluding hydrogens is 229 g/mol. The topological polar surface area (TPSA) is 21.3 Å². The second kappa shape index (κ2) is 5.70. The molecule has 1 saturated carbocycles. The van der Waals surface area contributed by atoms with Crippen molar-refractivity contribution in [3.8, 4) is 5.75 Å². The Morgan fingerprint density at radius 3 is 2.61 bits per heavy atom. The van der Waals surface area contributed by atoms with Crippen molar-refractivity contribution in [1.82, 2.24) is 5.32 Å². The Morgan fingerprint density at radius 1 is 1.33 bits per heavy atom. The van der Waals surface area contributed by atoms with E-state index >= 15 is 0 Å². The number of hydrogen-bond donors (Lipinski definition) is 1. The number of hydrogen-bond acceptors (Lipinski definition) is 2. The first-order valence-electron chi connectivity index (χ1n) is 6.66. The summed E-state index contributed by atoms with van der Waals surface area (Å²) in [6.45, 7) is 1.01. The molecule has 18 heavy (non-hydrogen) atoms. The predicted molar refractivity (Wildman–Crippen MR) is 71.5 cm³/mol. The first-order valence-corrected chi connectivity index (χ1v) is 6.66. The van der Waals surface area contributed by atoms with Crippen LogP contribution >= 0.6 is 0 Å². The summed E-state index contributed by atoms with van der Waals surface area (Å²) >= 11 is 0. The quantitative estimate of drug-likeness (QED) is 0.868. The van der Waals surface area contributed by atoms with E-state index in [1.807, 2.05) is 13.1 Å². The number of ether oxygens (including phenoxy) is 1. The number of nitrogens with one attached hydrogen (secondary N) is 1. The summed E-state index contributed by atoms with van der Waals surface area (Å²) in [6.07, 6.45) is 6.01. The van der Waals surface area contributed by atoms with Gasteiger partial charge in [-0.2, -0.15) is 0 Å². The highest BCUT2D eigenvalue weighted by molar-refractivity contribution is 5.30. The fourth-order valence-corrected chi connectivity index (χ4v) is 3.17. The van der Waals surface area contributed by atoms with Gasteiger partial charge in [0.15, 0.2) is 11.6 Å². The third kappa shape index (κ3) is 2.83. The van der Waals surface area contributed by atoms with Gasteiger partial charge in [-0.25, -0.2) is 4.39 Å². The fourth-order valence-electron chi connectivity index (χ4n) is 3.17. The molecule has 0 spiro atoms. The molecule has 0 unspecified atom stereocenters. The minimum Gasteiger partial charge on any atom is -0.494 e. The number of methoxy groups -OCH3 is 1. The molecule has 1 N–H and O–H groups in total. The molecule has 0 radical (unpaired) electrons. The van der Waals surface area contributed by atoms with E-state index in [9.17, 15) is 4.39 Å². The highest BCUT2D eigenvalue weighted by Gasteiger charge is 2.33. The normalized spacial score (nSPS) is 17.9. The van der Waals surface area contributed by atoms with E-state index in [4.69, 9.17) is 4.74 Å². The average Bonchev–Trinajstić information content (AvgIpc) is 2.78. The lowest BCUT2D eigenvalue weighted by Gasteiger charge is -2.29. The standard InChI is InChI=1S/C15H22FNO/c1-17-11-15(7-3-4-8-15)10-12-5-6-14(18-2)13(16)9-12/h5-6,9,17H,3-4,7-8,10-11H2,1-2H3. The van der Waals surface area contributed by atoms with Crippen molar-refractivity contribution in [2.24, 2.45) is 5.41 Å². The van der Waals surface area contributed by atoms with Crippen LogP contribution in [0, 0.1) is 11.2 Å². The Morgan fingerprint density at radius 2 is 2.06 bits per heavy atom. The summed E-state index contributed by atoms with van der Waals surface area (Å²) in [5.41, 5.74) is 1.39. The van der Waals surface area contributed by atoms with Crippen molar-refractivity contribution in [2.45, 2.75) is 32.1 Å². The molecule has 1 fully saturated rings. The third-order valence-electron chi connectivity index (χ3n) is 4.01. The van der Waals surface area contributed by atoms with Crippen molar-refractivity contribution in [1.29, 1.82) is 0 Å². The smallest absolute Gasteiger partial charge is 0.165 e. The summed E-state index contributed by atoms with van der Waals surface area (Å²) in [6, 6.07) is 5.33. The molecule has 0 saturated heterocycles. The predicted octanol–water partition coefficient (Wildman–Crippen LogP) is 3.16. The number of benzene rings is 1. The Balaban J connectivity index is 2.14. The molecule has 1 aromatic carbocycles. The van der Waals surface area contributed by atoms with E-state index in [0.717, 1.165) is 18.5 Å². The van der Waals surface area contributed by atoms with Gasteiger partial charge >= 0.3 is 0 Å². The van der Waals surface area contributed by atoms with Gasteiger partial charge in [-0.3, -0.25) is 0 Å². The molecule has 0 bridgehead atoms. The second-order valence-corrected chi connectivity index (χ2v) is 5.38. The lowest BCUT2D eigenvalue weighted by Crippen LogP contribution is -2.32. The van der Waals surface area contributed by atoms with E-state index in [-0.39, 0.29) is 5.82 Å². The van der Waals surface area contributed by atoms with Gasteiger partial charge in [-0.05, 0) is 49.4 Å². The zero-order chi connectivity index (χ0) is 13.0. The monoisotopic (exact) mass is 251 g/mol. The van der Waals surface area contributed by atoms with Crippen molar-refractivity contribution in [3.05, 3.63) is 29.6 Å². The average molecular weight is 251 g/mol. The van der Waals surface area contributed by atoms with E-state index in [1.54, 1.807) is 12.1 Å². The molecule has 0 atom stereocenters. The molecule has 3 heteroatoms. The highest BCUT2D eigenvalue weighted by atomic mass is 19.1. The summed E-state index contributed by atoms with van der Waals surface area (Å²) in [5, 5.41) is 3.29. The van der Waals surface area contributed by atoms with Crippen LogP contribution in [0.4, 0.5) is 4.39 Å². The molecule has 2 nitrogen and oxygen atoms in total. The van der Waals surface area contributed by atoms with Crippen LogP contribution in [0.25, 0.3) is 0 Å². The van der Waals surface area contributed by atoms with Gasteiger partial charge in [0, 0.05) is 6.54 Å². The van der Waals surface area contributed by atoms with E-state index in [2.05, 4.69) is 5.32 Å². The lowest BCUT2D eigenvalue weighted by atomic mass is 9.80. The van der Waals surface area contributed by atoms with Gasteiger partial charge in [0.25, 0.3) is 0 Å². The molecule has 0 aliphatic heterocycles. The lowest BCUT2D eigenvalue weighted by molar-refractivity contribution is 0.285. The highest BCUT2D eigenvalue weighted by Crippen LogP contribution is 2.40. The molecule has 0 heterocycles. The van der Waals surface area contributed by atoms with Crippen LogP contribution in [0.3, 0.4) is 0 Å². The van der Waals surface area contributed by atoms with E-state index in [1.165, 1.54) is 32.8 Å². The van der Waals surface area contributed by atoms with Crippen molar-refractivity contribution < 1.29 is 9.13 Å². The zero-order valence-corrected chi connectivity index (χ0v) is 11.3. The summed E-state index contributed by atoms with van der Waals surface area (Å²) < 4.78 is 18.6. The molecule has 2 rings (SSSR count). The largest absolute Gasteiger partial charge is 0.494 e. The second-order valence-electron chi connectivity index (χ2n) is 5.38. The Kier molecular flexibility index (Phi) is 4.23. The van der Waals surface area contributed by atoms with Crippen LogP contribution < -0.4 is 10.1 Å². The SMILES string of the molecule is CNCC1(Cc2ccc(OC)c(F)c2)CCCC1. The van der Waals surface area contributed by atoms with E-state index in [0.29, 0.717) is 11.2 Å². The van der Waals surface area contributed by atoms with Crippen LogP contribution in [0.2, 0.25) is 0 Å². The molecule has 100 valence electrons. The van der Waals surface area contributed by atoms with Crippen LogP contribution in [0.1, 0.15) is 31.2 Å². The van der Waals surface area contributed by atoms with E-state index < -0.39 is 0 Å². The van der Waals surface area contributed by atoms with Gasteiger partial charge in [-0.15, -0.1) is 0 Å². The number of halogens is 1. The summed E-state index contributed by atoms with van der Waals surface area (Å²) in [4.78, 5) is 0. The van der Waals surface area contributed by atoms with Gasteiger partial charge in [-0.1, -0.05) is 18.9 Å². The van der Waals surface area contributed by atoms with Crippen molar-refractivity contribution in [2.75, 3.05) is 20.7 Å². The fraction of sp³-hybridized carbons (Fsp3) is 0.600. The molecular formula is C15H22FNO. The van der Waals surface area contributed by atoms with Crippen LogP contribution in [-0.2, 0) is 6.42 Å². The Labute approximate surface area is 109 Å². The maximum absolute atomic E-state index is 13.7. The first kappa shape index (κ1) is 13.3. The summed E-state index contributed by atoms with van der Waals surface area (Å²) in [7, 11) is 3.49. The van der Waals surface area contributed by atoms with Crippen molar-refractivity contribution in [3.63, 3.8) is 0 Å². The maximum Gasteiger partial charge on any atom is 0.165 e. The van der Waals surface area contributed by atoms with Crippen LogP contribution in [0.5, 0.6) is 5.75 Å². The molecule has 0 amide bonds. The Hall–Kier alpha value is -1.09. The molecule has 1 aromatic rings. The van der Waals surface area contributed by atoms with Crippen LogP contribution in [0.15, 0.2) is 18.2 Å². The van der Waals surface area contributed by atoms with Crippen molar-refractivity contribution >= 4 is 0 Å². The van der Waals surface area contributed by atoms with Gasteiger partial charge < -0.3 is 10.1 Å². The van der Waals surface area contributed by atoms with Gasteiger partial charge in [0.05, 0.1) is 7.11 Å². The summed E-state index contributed by atoms with van der Waals surface area (Å²) in [5.74, 6) is 0.0699. The van der Waals surface area contributed by atoms with Gasteiger partial charge in [0.2, 0.25) is 0 Å². The molecule has 1 aliphatic rings. The maximum atomic E-state index is 13.7.